The van der Waals surface area contributed by atoms with Gasteiger partial charge in [-0.15, -0.1) is 0 Å². The molecule has 1 atom stereocenters. The highest BCUT2D eigenvalue weighted by Crippen LogP contribution is 2.42. The van der Waals surface area contributed by atoms with Crippen molar-refractivity contribution in [3.63, 3.8) is 0 Å². The summed E-state index contributed by atoms with van der Waals surface area (Å²) in [5, 5.41) is 0. The van der Waals surface area contributed by atoms with Crippen molar-refractivity contribution < 1.29 is 18.7 Å². The highest BCUT2D eigenvalue weighted by Gasteiger charge is 2.45. The van der Waals surface area contributed by atoms with Crippen LogP contribution in [-0.4, -0.2) is 29.4 Å². The highest BCUT2D eigenvalue weighted by atomic mass is 19.1. The van der Waals surface area contributed by atoms with Gasteiger partial charge in [0.2, 0.25) is 0 Å². The summed E-state index contributed by atoms with van der Waals surface area (Å²) in [6, 6.07) is 14.2. The zero-order valence-electron chi connectivity index (χ0n) is 16.7. The topological polar surface area (TPSA) is 46.6 Å². The van der Waals surface area contributed by atoms with Crippen molar-refractivity contribution in [2.24, 2.45) is 0 Å². The van der Waals surface area contributed by atoms with Gasteiger partial charge in [-0.1, -0.05) is 49.2 Å². The summed E-state index contributed by atoms with van der Waals surface area (Å²) in [5.74, 6) is -0.871. The molecule has 4 rings (SSSR count). The van der Waals surface area contributed by atoms with Gasteiger partial charge in [0.15, 0.2) is 6.10 Å². The number of amides is 1. The normalized spacial score (nSPS) is 18.8. The van der Waals surface area contributed by atoms with E-state index in [1.54, 1.807) is 24.0 Å². The van der Waals surface area contributed by atoms with Gasteiger partial charge in [-0.2, -0.15) is 0 Å². The molecule has 0 radical (unpaired) electrons. The SMILES string of the molecule is C[C@H](OC(=O)C1(c2ccc(F)cc2)CCCC1)C(=O)N1CCc2ccccc2C1. The number of halogens is 1. The third-order valence-corrected chi connectivity index (χ3v) is 6.32. The Hall–Kier alpha value is -2.69. The molecule has 1 aliphatic carbocycles. The summed E-state index contributed by atoms with van der Waals surface area (Å²) >= 11 is 0. The second-order valence-corrected chi connectivity index (χ2v) is 8.12. The first kappa shape index (κ1) is 19.6. The van der Waals surface area contributed by atoms with E-state index in [-0.39, 0.29) is 17.7 Å². The summed E-state index contributed by atoms with van der Waals surface area (Å²) in [4.78, 5) is 27.9. The molecule has 0 unspecified atom stereocenters. The second-order valence-electron chi connectivity index (χ2n) is 8.12. The number of hydrogen-bond acceptors (Lipinski definition) is 3. The third kappa shape index (κ3) is 3.78. The van der Waals surface area contributed by atoms with Gasteiger partial charge in [-0.05, 0) is 55.0 Å². The molecule has 0 spiro atoms. The van der Waals surface area contributed by atoms with Crippen LogP contribution in [0.4, 0.5) is 4.39 Å². The average molecular weight is 395 g/mol. The fourth-order valence-corrected chi connectivity index (χ4v) is 4.62. The van der Waals surface area contributed by atoms with Gasteiger partial charge in [0.25, 0.3) is 5.91 Å². The van der Waals surface area contributed by atoms with E-state index >= 15 is 0 Å². The van der Waals surface area contributed by atoms with E-state index < -0.39 is 11.5 Å². The Morgan fingerprint density at radius 2 is 1.69 bits per heavy atom. The highest BCUT2D eigenvalue weighted by molar-refractivity contribution is 5.88. The maximum absolute atomic E-state index is 13.4. The second kappa shape index (κ2) is 7.97. The molecule has 1 amide bonds. The van der Waals surface area contributed by atoms with Gasteiger partial charge in [0.05, 0.1) is 5.41 Å². The van der Waals surface area contributed by atoms with E-state index in [2.05, 4.69) is 6.07 Å². The number of rotatable bonds is 4. The van der Waals surface area contributed by atoms with Gasteiger partial charge >= 0.3 is 5.97 Å². The maximum atomic E-state index is 13.4. The number of fused-ring (bicyclic) bond motifs is 1. The molecule has 4 nitrogen and oxygen atoms in total. The lowest BCUT2D eigenvalue weighted by molar-refractivity contribution is -0.164. The monoisotopic (exact) mass is 395 g/mol. The lowest BCUT2D eigenvalue weighted by atomic mass is 9.79. The molecule has 0 aromatic heterocycles. The number of esters is 1. The molecule has 29 heavy (non-hydrogen) atoms. The average Bonchev–Trinajstić information content (AvgIpc) is 3.24. The van der Waals surface area contributed by atoms with Crippen LogP contribution in [-0.2, 0) is 32.7 Å². The van der Waals surface area contributed by atoms with E-state index in [1.165, 1.54) is 17.7 Å². The summed E-state index contributed by atoms with van der Waals surface area (Å²) in [6.45, 7) is 2.81. The van der Waals surface area contributed by atoms with Crippen LogP contribution in [0.15, 0.2) is 48.5 Å². The number of ether oxygens (including phenoxy) is 1. The summed E-state index contributed by atoms with van der Waals surface area (Å²) in [5.41, 5.74) is 2.40. The lowest BCUT2D eigenvalue weighted by Crippen LogP contribution is -2.45. The van der Waals surface area contributed by atoms with Gasteiger partial charge in [-0.25, -0.2) is 4.39 Å². The largest absolute Gasteiger partial charge is 0.452 e. The number of hydrogen-bond donors (Lipinski definition) is 0. The van der Waals surface area contributed by atoms with Crippen LogP contribution in [0.1, 0.15) is 49.3 Å². The minimum atomic E-state index is -0.842. The van der Waals surface area contributed by atoms with Crippen LogP contribution < -0.4 is 0 Å². The van der Waals surface area contributed by atoms with Crippen LogP contribution in [0.2, 0.25) is 0 Å². The van der Waals surface area contributed by atoms with E-state index in [0.29, 0.717) is 25.9 Å². The van der Waals surface area contributed by atoms with Gasteiger partial charge in [0.1, 0.15) is 5.82 Å². The molecule has 2 aliphatic rings. The van der Waals surface area contributed by atoms with Crippen LogP contribution in [0.25, 0.3) is 0 Å². The van der Waals surface area contributed by atoms with Crippen molar-refractivity contribution in [1.82, 2.24) is 4.90 Å². The molecule has 0 bridgehead atoms. The summed E-state index contributed by atoms with van der Waals surface area (Å²) in [7, 11) is 0. The molecule has 1 fully saturated rings. The number of carbonyl (C=O) groups excluding carboxylic acids is 2. The fourth-order valence-electron chi connectivity index (χ4n) is 4.62. The molecular weight excluding hydrogens is 369 g/mol. The van der Waals surface area contributed by atoms with E-state index in [9.17, 15) is 14.0 Å². The number of carbonyl (C=O) groups is 2. The Morgan fingerprint density at radius 1 is 1.03 bits per heavy atom. The van der Waals surface area contributed by atoms with Crippen LogP contribution in [0, 0.1) is 5.82 Å². The Bertz CT molecular complexity index is 903. The fraction of sp³-hybridized carbons (Fsp3) is 0.417. The minimum absolute atomic E-state index is 0.167. The summed E-state index contributed by atoms with van der Waals surface area (Å²) in [6.07, 6.45) is 3.12. The minimum Gasteiger partial charge on any atom is -0.452 e. The third-order valence-electron chi connectivity index (χ3n) is 6.32. The zero-order valence-corrected chi connectivity index (χ0v) is 16.7. The molecule has 5 heteroatoms. The first-order valence-corrected chi connectivity index (χ1v) is 10.3. The quantitative estimate of drug-likeness (QED) is 0.731. The van der Waals surface area contributed by atoms with Crippen LogP contribution >= 0.6 is 0 Å². The van der Waals surface area contributed by atoms with Crippen LogP contribution in [0.5, 0.6) is 0 Å². The first-order valence-electron chi connectivity index (χ1n) is 10.3. The predicted octanol–water partition coefficient (Wildman–Crippen LogP) is 4.15. The first-order chi connectivity index (χ1) is 14.0. The van der Waals surface area contributed by atoms with Crippen molar-refractivity contribution in [2.75, 3.05) is 6.54 Å². The Kier molecular flexibility index (Phi) is 5.39. The Balaban J connectivity index is 1.47. The van der Waals surface area contributed by atoms with Crippen molar-refractivity contribution >= 4 is 11.9 Å². The van der Waals surface area contributed by atoms with Gasteiger partial charge < -0.3 is 9.64 Å². The van der Waals surface area contributed by atoms with Crippen molar-refractivity contribution in [3.8, 4) is 0 Å². The van der Waals surface area contributed by atoms with E-state index in [1.807, 2.05) is 18.2 Å². The zero-order chi connectivity index (χ0) is 20.4. The molecular formula is C24H26FNO3. The maximum Gasteiger partial charge on any atom is 0.317 e. The van der Waals surface area contributed by atoms with Crippen LogP contribution in [0.3, 0.4) is 0 Å². The number of benzene rings is 2. The molecule has 2 aromatic carbocycles. The molecule has 1 aliphatic heterocycles. The Labute approximate surface area is 170 Å². The Morgan fingerprint density at radius 3 is 2.38 bits per heavy atom. The molecule has 0 saturated heterocycles. The van der Waals surface area contributed by atoms with E-state index in [0.717, 1.165) is 30.4 Å². The molecule has 152 valence electrons. The van der Waals surface area contributed by atoms with Crippen molar-refractivity contribution in [2.45, 2.75) is 57.1 Å². The standard InChI is InChI=1S/C24H26FNO3/c1-17(22(27)26-15-12-18-6-2-3-7-19(18)16-26)29-23(28)24(13-4-5-14-24)20-8-10-21(25)11-9-20/h2-3,6-11,17H,4-5,12-16H2,1H3/t17-/m0/s1. The van der Waals surface area contributed by atoms with E-state index in [4.69, 9.17) is 4.74 Å². The molecule has 0 N–H and O–H groups in total. The van der Waals surface area contributed by atoms with Crippen molar-refractivity contribution in [3.05, 3.63) is 71.0 Å². The predicted molar refractivity (Wildman–Crippen MR) is 108 cm³/mol. The summed E-state index contributed by atoms with van der Waals surface area (Å²) < 4.78 is 19.1. The molecule has 1 heterocycles. The van der Waals surface area contributed by atoms with Gasteiger partial charge in [-0.3, -0.25) is 9.59 Å². The molecule has 1 saturated carbocycles. The lowest BCUT2D eigenvalue weighted by Gasteiger charge is -2.33. The molecule has 2 aromatic rings. The number of nitrogens with zero attached hydrogens (tertiary/aromatic N) is 1. The van der Waals surface area contributed by atoms with Gasteiger partial charge in [0, 0.05) is 13.1 Å². The van der Waals surface area contributed by atoms with Crippen molar-refractivity contribution in [1.29, 1.82) is 0 Å². The smallest absolute Gasteiger partial charge is 0.317 e.